The van der Waals surface area contributed by atoms with Gasteiger partial charge in [-0.15, -0.1) is 11.3 Å². The highest BCUT2D eigenvalue weighted by molar-refractivity contribution is 7.14. The van der Waals surface area contributed by atoms with Gasteiger partial charge in [-0.25, -0.2) is 4.98 Å². The van der Waals surface area contributed by atoms with Crippen LogP contribution in [0.1, 0.15) is 16.7 Å². The smallest absolute Gasteiger partial charge is 0.203 e. The van der Waals surface area contributed by atoms with Crippen LogP contribution >= 0.6 is 11.3 Å². The number of hydrazone groups is 1. The molecule has 0 aliphatic carbocycles. The van der Waals surface area contributed by atoms with Crippen molar-refractivity contribution in [2.45, 2.75) is 13.5 Å². The largest absolute Gasteiger partial charge is 0.489 e. The molecule has 1 heterocycles. The number of aromatic nitrogens is 1. The Balaban J connectivity index is 1.35. The van der Waals surface area contributed by atoms with Crippen LogP contribution in [0, 0.1) is 6.92 Å². The third kappa shape index (κ3) is 5.30. The lowest BCUT2D eigenvalue weighted by Crippen LogP contribution is -1.96. The zero-order valence-corrected chi connectivity index (χ0v) is 16.9. The molecule has 1 aromatic heterocycles. The maximum absolute atomic E-state index is 5.91. The monoisotopic (exact) mass is 399 g/mol. The Morgan fingerprint density at radius 1 is 1.00 bits per heavy atom. The summed E-state index contributed by atoms with van der Waals surface area (Å²) in [6, 6.07) is 26.3. The molecule has 0 aliphatic rings. The number of aryl methyl sites for hydroxylation is 1. The molecule has 0 unspecified atom stereocenters. The summed E-state index contributed by atoms with van der Waals surface area (Å²) in [6.07, 6.45) is 1.77. The number of hydrogen-bond donors (Lipinski definition) is 1. The molecule has 0 atom stereocenters. The second-order valence-electron chi connectivity index (χ2n) is 6.62. The predicted molar refractivity (Wildman–Crippen MR) is 121 cm³/mol. The second-order valence-corrected chi connectivity index (χ2v) is 7.48. The number of ether oxygens (including phenoxy) is 1. The number of nitrogens with one attached hydrogen (secondary N) is 1. The van der Waals surface area contributed by atoms with Crippen molar-refractivity contribution >= 4 is 22.7 Å². The van der Waals surface area contributed by atoms with Crippen LogP contribution in [0.4, 0.5) is 5.13 Å². The molecule has 3 aromatic carbocycles. The summed E-state index contributed by atoms with van der Waals surface area (Å²) in [5.74, 6) is 0.816. The quantitative estimate of drug-likeness (QED) is 0.300. The highest BCUT2D eigenvalue weighted by atomic mass is 32.1. The molecule has 0 spiro atoms. The Hall–Kier alpha value is -3.44. The van der Waals surface area contributed by atoms with E-state index in [-0.39, 0.29) is 0 Å². The number of nitrogens with zero attached hydrogens (tertiary/aromatic N) is 2. The summed E-state index contributed by atoms with van der Waals surface area (Å²) in [5.41, 5.74) is 8.39. The third-order valence-electron chi connectivity index (χ3n) is 4.29. The van der Waals surface area contributed by atoms with E-state index in [0.29, 0.717) is 6.61 Å². The lowest BCUT2D eigenvalue weighted by atomic mass is 10.1. The van der Waals surface area contributed by atoms with Gasteiger partial charge in [0.15, 0.2) is 0 Å². The van der Waals surface area contributed by atoms with Gasteiger partial charge in [-0.1, -0.05) is 72.3 Å². The highest BCUT2D eigenvalue weighted by Crippen LogP contribution is 2.24. The third-order valence-corrected chi connectivity index (χ3v) is 5.04. The van der Waals surface area contributed by atoms with E-state index in [1.807, 2.05) is 66.0 Å². The molecule has 5 heteroatoms. The van der Waals surface area contributed by atoms with Gasteiger partial charge in [0.25, 0.3) is 0 Å². The number of benzene rings is 3. The first kappa shape index (κ1) is 18.9. The first-order valence-corrected chi connectivity index (χ1v) is 10.2. The normalized spacial score (nSPS) is 10.9. The van der Waals surface area contributed by atoms with E-state index in [1.54, 1.807) is 6.21 Å². The van der Waals surface area contributed by atoms with Gasteiger partial charge in [0.05, 0.1) is 11.9 Å². The SMILES string of the molecule is Cc1cccc(COc2cccc(C=NNc3nc(-c4ccccc4)cs3)c2)c1. The molecule has 0 saturated heterocycles. The molecule has 0 fully saturated rings. The average Bonchev–Trinajstić information content (AvgIpc) is 3.22. The fourth-order valence-electron chi connectivity index (χ4n) is 2.88. The van der Waals surface area contributed by atoms with Gasteiger partial charge in [-0.2, -0.15) is 5.10 Å². The van der Waals surface area contributed by atoms with E-state index in [2.05, 4.69) is 40.6 Å². The standard InChI is InChI=1S/C24H21N3OS/c1-18-7-5-9-20(13-18)16-28-22-12-6-8-19(14-22)15-25-27-24-26-23(17-29-24)21-10-3-2-4-11-21/h2-15,17H,16H2,1H3,(H,26,27). The predicted octanol–water partition coefficient (Wildman–Crippen LogP) is 6.14. The number of hydrogen-bond acceptors (Lipinski definition) is 5. The fourth-order valence-corrected chi connectivity index (χ4v) is 3.55. The maximum Gasteiger partial charge on any atom is 0.203 e. The maximum atomic E-state index is 5.91. The van der Waals surface area contributed by atoms with Crippen molar-refractivity contribution in [3.63, 3.8) is 0 Å². The van der Waals surface area contributed by atoms with Crippen molar-refractivity contribution in [2.24, 2.45) is 5.10 Å². The molecule has 0 radical (unpaired) electrons. The molecule has 4 aromatic rings. The van der Waals surface area contributed by atoms with E-state index in [9.17, 15) is 0 Å². The van der Waals surface area contributed by atoms with Crippen molar-refractivity contribution in [3.8, 4) is 17.0 Å². The fraction of sp³-hybridized carbons (Fsp3) is 0.0833. The van der Waals surface area contributed by atoms with E-state index in [0.717, 1.165) is 33.3 Å². The minimum atomic E-state index is 0.544. The molecule has 29 heavy (non-hydrogen) atoms. The van der Waals surface area contributed by atoms with Crippen molar-refractivity contribution < 1.29 is 4.74 Å². The lowest BCUT2D eigenvalue weighted by molar-refractivity contribution is 0.306. The Morgan fingerprint density at radius 2 is 1.86 bits per heavy atom. The first-order valence-electron chi connectivity index (χ1n) is 9.35. The van der Waals surface area contributed by atoms with E-state index in [4.69, 9.17) is 4.74 Å². The Labute approximate surface area is 174 Å². The number of rotatable bonds is 7. The van der Waals surface area contributed by atoms with Crippen molar-refractivity contribution in [1.29, 1.82) is 0 Å². The van der Waals surface area contributed by atoms with Gasteiger partial charge < -0.3 is 4.74 Å². The summed E-state index contributed by atoms with van der Waals surface area (Å²) in [4.78, 5) is 4.57. The minimum absolute atomic E-state index is 0.544. The van der Waals surface area contributed by atoms with Gasteiger partial charge in [-0.3, -0.25) is 5.43 Å². The van der Waals surface area contributed by atoms with Gasteiger partial charge in [0, 0.05) is 10.9 Å². The second kappa shape index (κ2) is 9.17. The summed E-state index contributed by atoms with van der Waals surface area (Å²) >= 11 is 1.53. The van der Waals surface area contributed by atoms with Crippen LogP contribution in [0.3, 0.4) is 0 Å². The van der Waals surface area contributed by atoms with Crippen LogP contribution in [0.15, 0.2) is 89.3 Å². The molecule has 0 aliphatic heterocycles. The van der Waals surface area contributed by atoms with Crippen LogP contribution in [0.2, 0.25) is 0 Å². The van der Waals surface area contributed by atoms with Crippen molar-refractivity contribution in [1.82, 2.24) is 4.98 Å². The minimum Gasteiger partial charge on any atom is -0.489 e. The highest BCUT2D eigenvalue weighted by Gasteiger charge is 2.03. The van der Waals surface area contributed by atoms with Crippen LogP contribution in [-0.2, 0) is 6.61 Å². The van der Waals surface area contributed by atoms with Crippen molar-refractivity contribution in [3.05, 3.63) is 101 Å². The zero-order valence-electron chi connectivity index (χ0n) is 16.1. The van der Waals surface area contributed by atoms with Gasteiger partial charge in [0.2, 0.25) is 5.13 Å². The molecular formula is C24H21N3OS. The molecule has 144 valence electrons. The van der Waals surface area contributed by atoms with E-state index < -0.39 is 0 Å². The summed E-state index contributed by atoms with van der Waals surface area (Å²) in [6.45, 7) is 2.63. The molecule has 4 nitrogen and oxygen atoms in total. The number of anilines is 1. The molecule has 0 amide bonds. The molecule has 1 N–H and O–H groups in total. The van der Waals surface area contributed by atoms with Crippen LogP contribution in [0.25, 0.3) is 11.3 Å². The van der Waals surface area contributed by atoms with Gasteiger partial charge in [0.1, 0.15) is 12.4 Å². The number of thiazole rings is 1. The molecule has 4 rings (SSSR count). The summed E-state index contributed by atoms with van der Waals surface area (Å²) < 4.78 is 5.91. The van der Waals surface area contributed by atoms with E-state index >= 15 is 0 Å². The van der Waals surface area contributed by atoms with Crippen LogP contribution < -0.4 is 10.2 Å². The molecular weight excluding hydrogens is 378 g/mol. The van der Waals surface area contributed by atoms with Crippen LogP contribution in [-0.4, -0.2) is 11.2 Å². The average molecular weight is 400 g/mol. The molecule has 0 saturated carbocycles. The van der Waals surface area contributed by atoms with Crippen LogP contribution in [0.5, 0.6) is 5.75 Å². The topological polar surface area (TPSA) is 46.5 Å². The molecule has 0 bridgehead atoms. The van der Waals surface area contributed by atoms with Crippen molar-refractivity contribution in [2.75, 3.05) is 5.43 Å². The van der Waals surface area contributed by atoms with E-state index in [1.165, 1.54) is 16.9 Å². The summed E-state index contributed by atoms with van der Waals surface area (Å²) in [5, 5.41) is 7.08. The first-order chi connectivity index (χ1) is 14.3. The Morgan fingerprint density at radius 3 is 2.72 bits per heavy atom. The van der Waals surface area contributed by atoms with Gasteiger partial charge >= 0.3 is 0 Å². The Bertz CT molecular complexity index is 1110. The van der Waals surface area contributed by atoms with Gasteiger partial charge in [-0.05, 0) is 30.2 Å². The summed E-state index contributed by atoms with van der Waals surface area (Å²) in [7, 11) is 0. The zero-order chi connectivity index (χ0) is 19.9. The Kier molecular flexibility index (Phi) is 5.98. The lowest BCUT2D eigenvalue weighted by Gasteiger charge is -2.07.